The van der Waals surface area contributed by atoms with Crippen LogP contribution in [0.25, 0.3) is 0 Å². The minimum atomic E-state index is 0.321. The van der Waals surface area contributed by atoms with Gasteiger partial charge in [-0.3, -0.25) is 5.11 Å². The lowest BCUT2D eigenvalue weighted by Crippen LogP contribution is -1.96. The average molecular weight is 261 g/mol. The molecule has 1 heteroatoms. The average Bonchev–Trinajstić information content (AvgIpc) is 2.43. The fraction of sp³-hybridized carbons (Fsp3) is 0.667. The Bertz CT molecular complexity index is 339. The first kappa shape index (κ1) is 16.1. The van der Waals surface area contributed by atoms with Crippen LogP contribution in [0, 0.1) is 0 Å². The Hall–Kier alpha value is -0.980. The van der Waals surface area contributed by atoms with Gasteiger partial charge in [-0.1, -0.05) is 52.2 Å². The lowest BCUT2D eigenvalue weighted by Gasteiger charge is -2.11. The van der Waals surface area contributed by atoms with Crippen LogP contribution in [0.4, 0.5) is 0 Å². The summed E-state index contributed by atoms with van der Waals surface area (Å²) in [5.74, 6) is 0.321. The second kappa shape index (κ2) is 9.01. The van der Waals surface area contributed by atoms with Crippen molar-refractivity contribution in [3.63, 3.8) is 0 Å². The first-order chi connectivity index (χ1) is 9.22. The van der Waals surface area contributed by atoms with Gasteiger partial charge in [0.2, 0.25) is 0 Å². The lowest BCUT2D eigenvalue weighted by molar-refractivity contribution is 0.343. The highest BCUT2D eigenvalue weighted by atomic mass is 16.3. The Kier molecular flexibility index (Phi) is 7.62. The molecule has 1 radical (unpaired) electrons. The van der Waals surface area contributed by atoms with Crippen molar-refractivity contribution in [3.8, 4) is 5.75 Å². The summed E-state index contributed by atoms with van der Waals surface area (Å²) in [6.07, 6.45) is 10.0. The van der Waals surface area contributed by atoms with E-state index in [1.54, 1.807) is 0 Å². The predicted molar refractivity (Wildman–Crippen MR) is 82.4 cm³/mol. The second-order valence-electron chi connectivity index (χ2n) is 5.55. The maximum Gasteiger partial charge on any atom is 0.185 e. The molecule has 0 aliphatic rings. The third kappa shape index (κ3) is 5.26. The number of hydrogen-bond acceptors (Lipinski definition) is 0. The van der Waals surface area contributed by atoms with Crippen molar-refractivity contribution in [3.05, 3.63) is 28.8 Å². The molecule has 19 heavy (non-hydrogen) atoms. The fourth-order valence-electron chi connectivity index (χ4n) is 2.46. The van der Waals surface area contributed by atoms with Crippen LogP contribution in [0.15, 0.2) is 12.1 Å². The topological polar surface area (TPSA) is 19.9 Å². The summed E-state index contributed by atoms with van der Waals surface area (Å²) in [5.41, 5.74) is 3.49. The molecule has 0 fully saturated rings. The third-order valence-corrected chi connectivity index (χ3v) is 3.72. The Morgan fingerprint density at radius 2 is 1.16 bits per heavy atom. The summed E-state index contributed by atoms with van der Waals surface area (Å²) in [6.45, 7) is 6.59. The quantitative estimate of drug-likeness (QED) is 0.530. The van der Waals surface area contributed by atoms with Crippen molar-refractivity contribution in [2.24, 2.45) is 0 Å². The van der Waals surface area contributed by atoms with Crippen molar-refractivity contribution in [2.75, 3.05) is 0 Å². The molecule has 1 aromatic rings. The van der Waals surface area contributed by atoms with Gasteiger partial charge in [-0.15, -0.1) is 0 Å². The molecule has 0 heterocycles. The number of benzene rings is 1. The van der Waals surface area contributed by atoms with E-state index in [1.807, 2.05) is 0 Å². The molecule has 0 saturated carbocycles. The third-order valence-electron chi connectivity index (χ3n) is 3.72. The molecule has 1 aromatic carbocycles. The zero-order valence-electron chi connectivity index (χ0n) is 12.9. The molecule has 1 rings (SSSR count). The monoisotopic (exact) mass is 261 g/mol. The van der Waals surface area contributed by atoms with Crippen LogP contribution in [-0.2, 0) is 24.4 Å². The van der Waals surface area contributed by atoms with Crippen LogP contribution in [-0.4, -0.2) is 0 Å². The fourth-order valence-corrected chi connectivity index (χ4v) is 2.46. The van der Waals surface area contributed by atoms with Gasteiger partial charge in [-0.25, -0.2) is 0 Å². The van der Waals surface area contributed by atoms with Crippen LogP contribution in [0.3, 0.4) is 0 Å². The first-order valence-electron chi connectivity index (χ1n) is 8.04. The summed E-state index contributed by atoms with van der Waals surface area (Å²) >= 11 is 0. The molecule has 107 valence electrons. The minimum Gasteiger partial charge on any atom is -0.289 e. The van der Waals surface area contributed by atoms with Crippen LogP contribution in [0.5, 0.6) is 5.75 Å². The van der Waals surface area contributed by atoms with Gasteiger partial charge in [0.05, 0.1) is 0 Å². The summed E-state index contributed by atoms with van der Waals surface area (Å²) in [4.78, 5) is 0. The van der Waals surface area contributed by atoms with E-state index in [0.717, 1.165) is 56.1 Å². The number of aryl methyl sites for hydroxylation is 3. The maximum absolute atomic E-state index is 12.4. The van der Waals surface area contributed by atoms with Gasteiger partial charge in [0.1, 0.15) is 0 Å². The van der Waals surface area contributed by atoms with Crippen molar-refractivity contribution >= 4 is 0 Å². The van der Waals surface area contributed by atoms with E-state index in [-0.39, 0.29) is 0 Å². The van der Waals surface area contributed by atoms with Crippen molar-refractivity contribution < 1.29 is 5.11 Å². The molecule has 0 aromatic heterocycles. The maximum atomic E-state index is 12.4. The summed E-state index contributed by atoms with van der Waals surface area (Å²) in [7, 11) is 0. The normalized spacial score (nSPS) is 10.9. The second-order valence-corrected chi connectivity index (χ2v) is 5.55. The van der Waals surface area contributed by atoms with Gasteiger partial charge in [0.25, 0.3) is 0 Å². The van der Waals surface area contributed by atoms with Crippen LogP contribution >= 0.6 is 0 Å². The molecule has 0 aliphatic carbocycles. The van der Waals surface area contributed by atoms with E-state index in [2.05, 4.69) is 32.9 Å². The number of unbranched alkanes of at least 4 members (excludes halogenated alkanes) is 3. The predicted octanol–water partition coefficient (Wildman–Crippen LogP) is 5.86. The van der Waals surface area contributed by atoms with E-state index in [1.165, 1.54) is 18.4 Å². The largest absolute Gasteiger partial charge is 0.289 e. The van der Waals surface area contributed by atoms with Gasteiger partial charge >= 0.3 is 0 Å². The molecule has 0 bridgehead atoms. The van der Waals surface area contributed by atoms with Crippen molar-refractivity contribution in [1.29, 1.82) is 0 Å². The zero-order chi connectivity index (χ0) is 14.1. The van der Waals surface area contributed by atoms with Crippen LogP contribution < -0.4 is 0 Å². The molecule has 0 aliphatic heterocycles. The van der Waals surface area contributed by atoms with E-state index < -0.39 is 0 Å². The molecule has 0 N–H and O–H groups in total. The molecule has 0 unspecified atom stereocenters. The Balaban J connectivity index is 2.92. The smallest absolute Gasteiger partial charge is 0.185 e. The highest BCUT2D eigenvalue weighted by Gasteiger charge is 2.11. The van der Waals surface area contributed by atoms with Gasteiger partial charge in [-0.2, -0.15) is 0 Å². The molecule has 0 atom stereocenters. The minimum absolute atomic E-state index is 0.321. The van der Waals surface area contributed by atoms with E-state index in [4.69, 9.17) is 0 Å². The van der Waals surface area contributed by atoms with Crippen LogP contribution in [0.2, 0.25) is 0 Å². The highest BCUT2D eigenvalue weighted by molar-refractivity contribution is 5.44. The lowest BCUT2D eigenvalue weighted by atomic mass is 9.95. The van der Waals surface area contributed by atoms with Crippen LogP contribution in [0.1, 0.15) is 76.0 Å². The standard InChI is InChI=1S/C18H29O/c1-4-7-10-15-13-16(11-8-5-2)18(19)17(14-15)12-9-6-3/h13-14H,4-12H2,1-3H3. The molecule has 0 amide bonds. The molecule has 1 nitrogen and oxygen atoms in total. The summed E-state index contributed by atoms with van der Waals surface area (Å²) < 4.78 is 0. The molecule has 0 saturated heterocycles. The Labute approximate surface area is 119 Å². The van der Waals surface area contributed by atoms with Crippen molar-refractivity contribution in [1.82, 2.24) is 0 Å². The van der Waals surface area contributed by atoms with Gasteiger partial charge in [0.15, 0.2) is 5.75 Å². The van der Waals surface area contributed by atoms with Crippen molar-refractivity contribution in [2.45, 2.75) is 78.6 Å². The highest BCUT2D eigenvalue weighted by Crippen LogP contribution is 2.29. The van der Waals surface area contributed by atoms with E-state index >= 15 is 0 Å². The first-order valence-corrected chi connectivity index (χ1v) is 8.04. The van der Waals surface area contributed by atoms with E-state index in [9.17, 15) is 5.11 Å². The zero-order valence-corrected chi connectivity index (χ0v) is 12.9. The van der Waals surface area contributed by atoms with Gasteiger partial charge in [0, 0.05) is 11.1 Å². The van der Waals surface area contributed by atoms with Gasteiger partial charge in [-0.05, 0) is 44.1 Å². The SMILES string of the molecule is CCCCc1cc(CCCC)c([O])c(CCCC)c1. The summed E-state index contributed by atoms with van der Waals surface area (Å²) in [6, 6.07) is 4.34. The van der Waals surface area contributed by atoms with Gasteiger partial charge < -0.3 is 0 Å². The van der Waals surface area contributed by atoms with E-state index in [0.29, 0.717) is 5.75 Å². The number of rotatable bonds is 9. The molecule has 0 spiro atoms. The molecular weight excluding hydrogens is 232 g/mol. The number of hydrogen-bond donors (Lipinski definition) is 0. The Morgan fingerprint density at radius 1 is 0.737 bits per heavy atom. The molecular formula is C18H29O. The Morgan fingerprint density at radius 3 is 1.58 bits per heavy atom. The summed E-state index contributed by atoms with van der Waals surface area (Å²) in [5, 5.41) is 12.4.